The molecule has 134 valence electrons. The van der Waals surface area contributed by atoms with E-state index in [9.17, 15) is 9.18 Å². The lowest BCUT2D eigenvalue weighted by molar-refractivity contribution is 0.185. The highest BCUT2D eigenvalue weighted by Crippen LogP contribution is 2.30. The number of benzene rings is 1. The van der Waals surface area contributed by atoms with Crippen molar-refractivity contribution in [3.8, 4) is 0 Å². The number of hydrogen-bond donors (Lipinski definition) is 0. The van der Waals surface area contributed by atoms with E-state index in [1.165, 1.54) is 6.07 Å². The highest BCUT2D eigenvalue weighted by molar-refractivity contribution is 5.77. The molecule has 2 heterocycles. The molecule has 4 rings (SSSR count). The van der Waals surface area contributed by atoms with E-state index in [2.05, 4.69) is 6.08 Å². The lowest BCUT2D eigenvalue weighted by Crippen LogP contribution is -2.37. The van der Waals surface area contributed by atoms with Gasteiger partial charge in [-0.15, -0.1) is 0 Å². The van der Waals surface area contributed by atoms with Gasteiger partial charge in [0.2, 0.25) is 0 Å². The lowest BCUT2D eigenvalue weighted by Gasteiger charge is -2.26. The molecule has 2 amide bonds. The Bertz CT molecular complexity index is 825. The van der Waals surface area contributed by atoms with Gasteiger partial charge in [-0.1, -0.05) is 30.4 Å². The molecule has 5 heteroatoms. The largest absolute Gasteiger partial charge is 0.462 e. The first-order valence-electron chi connectivity index (χ1n) is 8.94. The van der Waals surface area contributed by atoms with Crippen LogP contribution in [0.2, 0.25) is 0 Å². The minimum absolute atomic E-state index is 0.0760. The van der Waals surface area contributed by atoms with E-state index >= 15 is 0 Å². The fraction of sp³-hybridized carbons (Fsp3) is 0.286. The number of carbonyl (C=O) groups excluding carboxylic acids is 1. The van der Waals surface area contributed by atoms with Crippen LogP contribution in [0.3, 0.4) is 0 Å². The zero-order valence-electron chi connectivity index (χ0n) is 14.5. The normalized spacial score (nSPS) is 22.1. The summed E-state index contributed by atoms with van der Waals surface area (Å²) in [5.41, 5.74) is 2.04. The maximum atomic E-state index is 13.5. The maximum absolute atomic E-state index is 13.5. The van der Waals surface area contributed by atoms with E-state index in [1.807, 2.05) is 23.1 Å². The van der Waals surface area contributed by atoms with Crippen LogP contribution < -0.4 is 0 Å². The first-order valence-corrected chi connectivity index (χ1v) is 8.94. The summed E-state index contributed by atoms with van der Waals surface area (Å²) in [7, 11) is 0. The number of halogens is 1. The third-order valence-electron chi connectivity index (χ3n) is 5.00. The van der Waals surface area contributed by atoms with Gasteiger partial charge in [0.15, 0.2) is 0 Å². The summed E-state index contributed by atoms with van der Waals surface area (Å²) < 4.78 is 19.0. The molecule has 0 aromatic heterocycles. The number of urea groups is 1. The maximum Gasteiger partial charge on any atom is 0.328 e. The molecule has 0 saturated carbocycles. The van der Waals surface area contributed by atoms with Gasteiger partial charge in [-0.3, -0.25) is 4.90 Å². The predicted molar refractivity (Wildman–Crippen MR) is 97.3 cm³/mol. The van der Waals surface area contributed by atoms with Crippen molar-refractivity contribution >= 4 is 6.03 Å². The fourth-order valence-corrected chi connectivity index (χ4v) is 3.58. The molecule has 0 bridgehead atoms. The first-order chi connectivity index (χ1) is 12.7. The van der Waals surface area contributed by atoms with E-state index in [4.69, 9.17) is 4.74 Å². The molecule has 1 atom stereocenters. The molecule has 1 fully saturated rings. The number of allylic oxidation sites excluding steroid dienone is 4. The zero-order chi connectivity index (χ0) is 17.9. The average Bonchev–Trinajstić information content (AvgIpc) is 3.18. The molecule has 3 aliphatic rings. The number of carbonyl (C=O) groups is 1. The molecular weight excluding hydrogens is 331 g/mol. The zero-order valence-corrected chi connectivity index (χ0v) is 14.5. The van der Waals surface area contributed by atoms with E-state index in [0.717, 1.165) is 30.4 Å². The van der Waals surface area contributed by atoms with Gasteiger partial charge < -0.3 is 9.64 Å². The van der Waals surface area contributed by atoms with Gasteiger partial charge in [0.25, 0.3) is 0 Å². The highest BCUT2D eigenvalue weighted by Gasteiger charge is 2.30. The van der Waals surface area contributed by atoms with Crippen molar-refractivity contribution < 1.29 is 13.9 Å². The van der Waals surface area contributed by atoms with Crippen molar-refractivity contribution in [2.24, 2.45) is 0 Å². The van der Waals surface area contributed by atoms with Gasteiger partial charge in [0.1, 0.15) is 17.8 Å². The number of ether oxygens (including phenoxy) is 1. The summed E-state index contributed by atoms with van der Waals surface area (Å²) in [4.78, 5) is 16.3. The highest BCUT2D eigenvalue weighted by atomic mass is 19.1. The van der Waals surface area contributed by atoms with Gasteiger partial charge in [-0.05, 0) is 42.5 Å². The van der Waals surface area contributed by atoms with Gasteiger partial charge in [0, 0.05) is 25.2 Å². The van der Waals surface area contributed by atoms with E-state index in [-0.39, 0.29) is 17.8 Å². The monoisotopic (exact) mass is 352 g/mol. The number of amides is 2. The molecule has 1 saturated heterocycles. The third-order valence-corrected chi connectivity index (χ3v) is 5.00. The molecule has 1 unspecified atom stereocenters. The van der Waals surface area contributed by atoms with Crippen LogP contribution in [0.5, 0.6) is 0 Å². The van der Waals surface area contributed by atoms with Crippen LogP contribution in [0.15, 0.2) is 72.5 Å². The Morgan fingerprint density at radius 2 is 2.23 bits per heavy atom. The van der Waals surface area contributed by atoms with Crippen LogP contribution in [0.25, 0.3) is 0 Å². The first kappa shape index (κ1) is 16.6. The summed E-state index contributed by atoms with van der Waals surface area (Å²) in [6, 6.07) is 6.59. The topological polar surface area (TPSA) is 32.8 Å². The molecule has 4 nitrogen and oxygen atoms in total. The molecule has 1 aromatic carbocycles. The molecule has 0 N–H and O–H groups in total. The number of rotatable bonds is 2. The van der Waals surface area contributed by atoms with Crippen LogP contribution >= 0.6 is 0 Å². The lowest BCUT2D eigenvalue weighted by atomic mass is 9.98. The van der Waals surface area contributed by atoms with Crippen LogP contribution in [0, 0.1) is 5.82 Å². The summed E-state index contributed by atoms with van der Waals surface area (Å²) in [5.74, 6) is 0.658. The molecule has 0 radical (unpaired) electrons. The van der Waals surface area contributed by atoms with Crippen molar-refractivity contribution in [3.05, 3.63) is 83.9 Å². The number of likely N-dealkylation sites (tertiary alicyclic amines) is 1. The quantitative estimate of drug-likeness (QED) is 0.776. The van der Waals surface area contributed by atoms with Crippen LogP contribution in [-0.2, 0) is 4.74 Å². The van der Waals surface area contributed by atoms with Crippen molar-refractivity contribution in [1.29, 1.82) is 0 Å². The Morgan fingerprint density at radius 3 is 3.04 bits per heavy atom. The molecule has 26 heavy (non-hydrogen) atoms. The second kappa shape index (κ2) is 7.20. The molecule has 2 aliphatic heterocycles. The molecule has 0 spiro atoms. The van der Waals surface area contributed by atoms with Crippen molar-refractivity contribution in [2.45, 2.75) is 25.2 Å². The summed E-state index contributed by atoms with van der Waals surface area (Å²) in [5, 5.41) is 0. The van der Waals surface area contributed by atoms with Crippen molar-refractivity contribution in [3.63, 3.8) is 0 Å². The van der Waals surface area contributed by atoms with Crippen LogP contribution in [0.4, 0.5) is 9.18 Å². The second-order valence-electron chi connectivity index (χ2n) is 6.73. The SMILES string of the molecule is O=C(N1C=COC(C2=CC=CCC2)=C1)N1CCC(c2cccc(F)c2)C1. The summed E-state index contributed by atoms with van der Waals surface area (Å²) in [6.07, 6.45) is 13.8. The molecule has 1 aliphatic carbocycles. The smallest absolute Gasteiger partial charge is 0.328 e. The Balaban J connectivity index is 1.45. The van der Waals surface area contributed by atoms with E-state index in [1.54, 1.807) is 35.7 Å². The average molecular weight is 352 g/mol. The Labute approximate surface area is 152 Å². The van der Waals surface area contributed by atoms with Gasteiger partial charge in [-0.25, -0.2) is 9.18 Å². The summed E-state index contributed by atoms with van der Waals surface area (Å²) >= 11 is 0. The molecular formula is C21H21FN2O2. The van der Waals surface area contributed by atoms with Gasteiger partial charge in [-0.2, -0.15) is 0 Å². The Hall–Kier alpha value is -2.82. The summed E-state index contributed by atoms with van der Waals surface area (Å²) in [6.45, 7) is 1.27. The van der Waals surface area contributed by atoms with Crippen molar-refractivity contribution in [2.75, 3.05) is 13.1 Å². The number of nitrogens with zero attached hydrogens (tertiary/aromatic N) is 2. The van der Waals surface area contributed by atoms with Gasteiger partial charge in [0.05, 0.1) is 6.20 Å². The van der Waals surface area contributed by atoms with Crippen molar-refractivity contribution in [1.82, 2.24) is 9.80 Å². The minimum atomic E-state index is -0.231. The van der Waals surface area contributed by atoms with E-state index < -0.39 is 0 Å². The number of hydrogen-bond acceptors (Lipinski definition) is 2. The van der Waals surface area contributed by atoms with Gasteiger partial charge >= 0.3 is 6.03 Å². The standard InChI is InChI=1S/C21H21FN2O2/c22-19-8-4-7-17(13-19)18-9-10-23(14-18)21(25)24-11-12-26-20(15-24)16-5-2-1-3-6-16/h1-2,4-5,7-8,11-13,15,18H,3,6,9-10,14H2. The third kappa shape index (κ3) is 3.43. The Kier molecular flexibility index (Phi) is 4.61. The second-order valence-corrected chi connectivity index (χ2v) is 6.73. The van der Waals surface area contributed by atoms with Crippen LogP contribution in [0.1, 0.15) is 30.7 Å². The van der Waals surface area contributed by atoms with Crippen LogP contribution in [-0.4, -0.2) is 28.9 Å². The van der Waals surface area contributed by atoms with E-state index in [0.29, 0.717) is 18.8 Å². The predicted octanol–water partition coefficient (Wildman–Crippen LogP) is 4.66. The molecule has 1 aromatic rings. The fourth-order valence-electron chi connectivity index (χ4n) is 3.58. The Morgan fingerprint density at radius 1 is 1.31 bits per heavy atom. The minimum Gasteiger partial charge on any atom is -0.462 e.